The number of carbonyl (C=O) groups is 2. The van der Waals surface area contributed by atoms with Gasteiger partial charge in [0.05, 0.1) is 0 Å². The van der Waals surface area contributed by atoms with Crippen LogP contribution in [0.5, 0.6) is 0 Å². The van der Waals surface area contributed by atoms with Gasteiger partial charge in [0.2, 0.25) is 5.91 Å². The average Bonchev–Trinajstić information content (AvgIpc) is 2.74. The van der Waals surface area contributed by atoms with Crippen LogP contribution in [0.15, 0.2) is 11.8 Å². The van der Waals surface area contributed by atoms with Crippen LogP contribution < -0.4 is 5.32 Å². The van der Waals surface area contributed by atoms with Gasteiger partial charge in [-0.1, -0.05) is 0 Å². The molecule has 0 spiro atoms. The number of amides is 1. The third kappa shape index (κ3) is 3.32. The lowest BCUT2D eigenvalue weighted by molar-refractivity contribution is -0.119. The van der Waals surface area contributed by atoms with Gasteiger partial charge >= 0.3 is 0 Å². The van der Waals surface area contributed by atoms with Gasteiger partial charge in [0, 0.05) is 44.8 Å². The zero-order chi connectivity index (χ0) is 12.3. The number of carbonyl (C=O) groups excluding carboxylic acids is 2. The van der Waals surface area contributed by atoms with Crippen LogP contribution in [0.1, 0.15) is 32.6 Å². The van der Waals surface area contributed by atoms with E-state index in [9.17, 15) is 9.59 Å². The maximum atomic E-state index is 11.2. The lowest BCUT2D eigenvalue weighted by Crippen LogP contribution is -2.37. The highest BCUT2D eigenvalue weighted by Crippen LogP contribution is 2.25. The van der Waals surface area contributed by atoms with E-state index in [-0.39, 0.29) is 11.7 Å². The van der Waals surface area contributed by atoms with Gasteiger partial charge in [0.25, 0.3) is 0 Å². The van der Waals surface area contributed by atoms with Gasteiger partial charge in [0.15, 0.2) is 5.78 Å². The predicted octanol–water partition coefficient (Wildman–Crippen LogP) is 1.08. The minimum atomic E-state index is 0.0523. The summed E-state index contributed by atoms with van der Waals surface area (Å²) in [4.78, 5) is 24.3. The minimum Gasteiger partial charge on any atom is -0.375 e. The van der Waals surface area contributed by atoms with E-state index in [1.54, 1.807) is 13.0 Å². The molecule has 0 radical (unpaired) electrons. The summed E-state index contributed by atoms with van der Waals surface area (Å²) in [6.45, 7) is 4.39. The molecule has 1 heterocycles. The summed E-state index contributed by atoms with van der Waals surface area (Å²) in [7, 11) is 0. The van der Waals surface area contributed by atoms with Crippen molar-refractivity contribution in [1.82, 2.24) is 10.2 Å². The van der Waals surface area contributed by atoms with E-state index < -0.39 is 0 Å². The van der Waals surface area contributed by atoms with Crippen molar-refractivity contribution in [1.29, 1.82) is 0 Å². The van der Waals surface area contributed by atoms with E-state index in [0.717, 1.165) is 38.9 Å². The fraction of sp³-hybridized carbons (Fsp3) is 0.692. The van der Waals surface area contributed by atoms with Crippen molar-refractivity contribution < 1.29 is 9.59 Å². The third-order valence-electron chi connectivity index (χ3n) is 3.62. The lowest BCUT2D eigenvalue weighted by Gasteiger charge is -2.34. The zero-order valence-electron chi connectivity index (χ0n) is 10.4. The molecule has 1 amide bonds. The Morgan fingerprint density at radius 3 is 2.65 bits per heavy atom. The molecular weight excluding hydrogens is 216 g/mol. The molecule has 0 saturated carbocycles. The maximum Gasteiger partial charge on any atom is 0.216 e. The van der Waals surface area contributed by atoms with E-state index in [4.69, 9.17) is 0 Å². The molecule has 4 nitrogen and oxygen atoms in total. The van der Waals surface area contributed by atoms with Crippen molar-refractivity contribution >= 4 is 11.7 Å². The number of rotatable bonds is 3. The Morgan fingerprint density at radius 2 is 2.12 bits per heavy atom. The lowest BCUT2D eigenvalue weighted by atomic mass is 9.96. The molecule has 0 atom stereocenters. The first-order valence-corrected chi connectivity index (χ1v) is 6.38. The number of allylic oxidation sites excluding steroid dienone is 2. The molecule has 4 heteroatoms. The van der Waals surface area contributed by atoms with Crippen LogP contribution in [0, 0.1) is 5.92 Å². The summed E-state index contributed by atoms with van der Waals surface area (Å²) in [6.07, 6.45) is 5.60. The molecule has 2 aliphatic rings. The van der Waals surface area contributed by atoms with Crippen LogP contribution in [-0.4, -0.2) is 36.2 Å². The van der Waals surface area contributed by atoms with E-state index in [1.807, 2.05) is 0 Å². The first-order valence-electron chi connectivity index (χ1n) is 6.38. The summed E-state index contributed by atoms with van der Waals surface area (Å²) in [5.74, 6) is 0.907. The van der Waals surface area contributed by atoms with Crippen molar-refractivity contribution in [3.8, 4) is 0 Å². The topological polar surface area (TPSA) is 49.4 Å². The number of piperidine rings is 1. The Labute approximate surface area is 102 Å². The Hall–Kier alpha value is -1.32. The minimum absolute atomic E-state index is 0.0523. The number of ketones is 1. The number of likely N-dealkylation sites (tertiary alicyclic amines) is 1. The Kier molecular flexibility index (Phi) is 3.82. The number of nitrogens with one attached hydrogen (secondary N) is 1. The highest BCUT2D eigenvalue weighted by atomic mass is 16.1. The molecule has 94 valence electrons. The largest absolute Gasteiger partial charge is 0.375 e. The van der Waals surface area contributed by atoms with Gasteiger partial charge in [-0.3, -0.25) is 9.59 Å². The molecule has 0 aromatic rings. The summed E-state index contributed by atoms with van der Waals surface area (Å²) >= 11 is 0. The molecule has 1 saturated heterocycles. The van der Waals surface area contributed by atoms with Crippen LogP contribution in [-0.2, 0) is 9.59 Å². The van der Waals surface area contributed by atoms with Crippen LogP contribution in [0.3, 0.4) is 0 Å². The summed E-state index contributed by atoms with van der Waals surface area (Å²) in [6, 6.07) is 0. The van der Waals surface area contributed by atoms with Crippen molar-refractivity contribution in [2.45, 2.75) is 32.6 Å². The molecule has 2 rings (SSSR count). The van der Waals surface area contributed by atoms with Crippen molar-refractivity contribution in [2.24, 2.45) is 5.92 Å². The third-order valence-corrected chi connectivity index (χ3v) is 3.62. The molecule has 1 aliphatic heterocycles. The summed E-state index contributed by atoms with van der Waals surface area (Å²) in [5, 5.41) is 2.88. The quantitative estimate of drug-likeness (QED) is 0.797. The van der Waals surface area contributed by atoms with E-state index in [1.165, 1.54) is 5.70 Å². The fourth-order valence-electron chi connectivity index (χ4n) is 2.54. The smallest absolute Gasteiger partial charge is 0.216 e. The molecule has 1 fully saturated rings. The molecule has 1 N–H and O–H groups in total. The standard InChI is InChI=1S/C13H20N2O2/c1-10(16)14-9-11-4-6-15(7-5-11)12-2-3-13(17)8-12/h8,11H,2-7,9H2,1H3,(H,14,16). The molecule has 17 heavy (non-hydrogen) atoms. The highest BCUT2D eigenvalue weighted by Gasteiger charge is 2.23. The van der Waals surface area contributed by atoms with Gasteiger partial charge in [-0.05, 0) is 25.2 Å². The van der Waals surface area contributed by atoms with Gasteiger partial charge in [-0.2, -0.15) is 0 Å². The van der Waals surface area contributed by atoms with Crippen LogP contribution >= 0.6 is 0 Å². The number of hydrogen-bond acceptors (Lipinski definition) is 3. The van der Waals surface area contributed by atoms with Crippen molar-refractivity contribution in [3.05, 3.63) is 11.8 Å². The maximum absolute atomic E-state index is 11.2. The van der Waals surface area contributed by atoms with E-state index >= 15 is 0 Å². The monoisotopic (exact) mass is 236 g/mol. The second-order valence-electron chi connectivity index (χ2n) is 4.97. The Balaban J connectivity index is 1.76. The fourth-order valence-corrected chi connectivity index (χ4v) is 2.54. The zero-order valence-corrected chi connectivity index (χ0v) is 10.4. The first-order chi connectivity index (χ1) is 8.15. The average molecular weight is 236 g/mol. The second-order valence-corrected chi connectivity index (χ2v) is 4.97. The van der Waals surface area contributed by atoms with Crippen molar-refractivity contribution in [2.75, 3.05) is 19.6 Å². The Bertz CT molecular complexity index is 341. The first kappa shape index (κ1) is 12.1. The molecule has 0 aromatic heterocycles. The van der Waals surface area contributed by atoms with E-state index in [0.29, 0.717) is 12.3 Å². The van der Waals surface area contributed by atoms with Gasteiger partial charge in [0.1, 0.15) is 0 Å². The molecule has 0 aromatic carbocycles. The van der Waals surface area contributed by atoms with Crippen LogP contribution in [0.2, 0.25) is 0 Å². The Morgan fingerprint density at radius 1 is 1.41 bits per heavy atom. The molecule has 0 unspecified atom stereocenters. The number of hydrogen-bond donors (Lipinski definition) is 1. The highest BCUT2D eigenvalue weighted by molar-refractivity contribution is 5.92. The van der Waals surface area contributed by atoms with Gasteiger partial charge < -0.3 is 10.2 Å². The molecule has 0 bridgehead atoms. The predicted molar refractivity (Wildman–Crippen MR) is 65.3 cm³/mol. The van der Waals surface area contributed by atoms with Gasteiger partial charge in [-0.15, -0.1) is 0 Å². The normalized spacial score (nSPS) is 21.6. The number of nitrogens with zero attached hydrogens (tertiary/aromatic N) is 1. The molecule has 1 aliphatic carbocycles. The van der Waals surface area contributed by atoms with Crippen molar-refractivity contribution in [3.63, 3.8) is 0 Å². The molecular formula is C13H20N2O2. The second kappa shape index (κ2) is 5.34. The summed E-state index contributed by atoms with van der Waals surface area (Å²) in [5.41, 5.74) is 1.22. The van der Waals surface area contributed by atoms with Crippen LogP contribution in [0.25, 0.3) is 0 Å². The van der Waals surface area contributed by atoms with Gasteiger partial charge in [-0.25, -0.2) is 0 Å². The summed E-state index contributed by atoms with van der Waals surface area (Å²) < 4.78 is 0. The SMILES string of the molecule is CC(=O)NCC1CCN(C2=CC(=O)CC2)CC1. The van der Waals surface area contributed by atoms with E-state index in [2.05, 4.69) is 10.2 Å². The van der Waals surface area contributed by atoms with Crippen LogP contribution in [0.4, 0.5) is 0 Å².